The summed E-state index contributed by atoms with van der Waals surface area (Å²) in [7, 11) is 4.03. The average Bonchev–Trinajstić information content (AvgIpc) is 2.97. The molecule has 0 aromatic rings. The van der Waals surface area contributed by atoms with Crippen LogP contribution in [0.2, 0.25) is 0 Å². The zero-order valence-electron chi connectivity index (χ0n) is 17.9. The Kier molecular flexibility index (Phi) is 8.66. The monoisotopic (exact) mass is 424 g/mol. The van der Waals surface area contributed by atoms with Gasteiger partial charge in [0.1, 0.15) is 0 Å². The van der Waals surface area contributed by atoms with E-state index in [-0.39, 0.29) is 23.8 Å². The molecule has 164 valence electrons. The molecule has 2 fully saturated rings. The number of urea groups is 1. The lowest BCUT2D eigenvalue weighted by atomic mass is 9.85. The Labute approximate surface area is 179 Å². The van der Waals surface area contributed by atoms with Crippen LogP contribution in [0.3, 0.4) is 0 Å². The number of hydrazone groups is 1. The summed E-state index contributed by atoms with van der Waals surface area (Å²) in [6.45, 7) is 0.878. The van der Waals surface area contributed by atoms with Crippen LogP contribution in [-0.2, 0) is 9.53 Å². The number of carbonyl (C=O) groups is 2. The van der Waals surface area contributed by atoms with Gasteiger partial charge in [-0.25, -0.2) is 4.79 Å². The zero-order valence-corrected chi connectivity index (χ0v) is 18.7. The molecular weight excluding hydrogens is 388 g/mol. The van der Waals surface area contributed by atoms with E-state index in [1.807, 2.05) is 14.1 Å². The van der Waals surface area contributed by atoms with Crippen LogP contribution in [0.5, 0.6) is 0 Å². The van der Waals surface area contributed by atoms with Gasteiger partial charge < -0.3 is 15.0 Å². The van der Waals surface area contributed by atoms with E-state index < -0.39 is 6.23 Å². The summed E-state index contributed by atoms with van der Waals surface area (Å²) in [6, 6.07) is -0.134. The van der Waals surface area contributed by atoms with Crippen molar-refractivity contribution >= 4 is 28.8 Å². The van der Waals surface area contributed by atoms with Gasteiger partial charge in [-0.05, 0) is 39.8 Å². The van der Waals surface area contributed by atoms with Crippen LogP contribution < -0.4 is 5.32 Å². The van der Waals surface area contributed by atoms with Gasteiger partial charge in [-0.15, -0.1) is 5.10 Å². The number of ketones is 1. The van der Waals surface area contributed by atoms with E-state index >= 15 is 0 Å². The van der Waals surface area contributed by atoms with Crippen LogP contribution in [0.25, 0.3) is 0 Å². The number of Topliss-reactive ketones (excluding diaryl/α,β-unsaturated/α-hetero) is 1. The van der Waals surface area contributed by atoms with Gasteiger partial charge >= 0.3 is 6.03 Å². The minimum absolute atomic E-state index is 0.00711. The van der Waals surface area contributed by atoms with Gasteiger partial charge in [0, 0.05) is 24.3 Å². The molecule has 2 saturated carbocycles. The summed E-state index contributed by atoms with van der Waals surface area (Å²) in [5.74, 6) is 0.782. The predicted octanol–water partition coefficient (Wildman–Crippen LogP) is 3.79. The summed E-state index contributed by atoms with van der Waals surface area (Å²) >= 11 is 1.46. The van der Waals surface area contributed by atoms with E-state index in [9.17, 15) is 9.59 Å². The van der Waals surface area contributed by atoms with Crippen molar-refractivity contribution in [3.8, 4) is 0 Å². The molecule has 8 heteroatoms. The Morgan fingerprint density at radius 2 is 1.69 bits per heavy atom. The molecule has 7 nitrogen and oxygen atoms in total. The molecule has 1 aliphatic heterocycles. The van der Waals surface area contributed by atoms with Crippen molar-refractivity contribution < 1.29 is 14.3 Å². The van der Waals surface area contributed by atoms with Crippen molar-refractivity contribution in [2.45, 2.75) is 82.9 Å². The third kappa shape index (κ3) is 6.60. The third-order valence-electron chi connectivity index (χ3n) is 6.03. The number of ether oxygens (including phenoxy) is 1. The predicted molar refractivity (Wildman–Crippen MR) is 117 cm³/mol. The molecule has 0 aromatic heterocycles. The highest BCUT2D eigenvalue weighted by molar-refractivity contribution is 8.13. The highest BCUT2D eigenvalue weighted by atomic mass is 32.2. The largest absolute Gasteiger partial charge is 0.438 e. The maximum absolute atomic E-state index is 13.2. The fourth-order valence-corrected chi connectivity index (χ4v) is 5.21. The number of nitrogens with one attached hydrogen (secondary N) is 1. The normalized spacial score (nSPS) is 24.2. The number of carbonyl (C=O) groups excluding carboxylic acids is 2. The molecule has 1 heterocycles. The molecule has 29 heavy (non-hydrogen) atoms. The minimum Gasteiger partial charge on any atom is -0.438 e. The lowest BCUT2D eigenvalue weighted by molar-refractivity contribution is -0.136. The summed E-state index contributed by atoms with van der Waals surface area (Å²) in [6.07, 6.45) is 10.9. The second-order valence-electron chi connectivity index (χ2n) is 8.71. The van der Waals surface area contributed by atoms with Gasteiger partial charge in [0.15, 0.2) is 5.78 Å². The van der Waals surface area contributed by atoms with E-state index in [0.29, 0.717) is 5.23 Å². The van der Waals surface area contributed by atoms with E-state index in [2.05, 4.69) is 15.3 Å². The second kappa shape index (κ2) is 11.2. The lowest BCUT2D eigenvalue weighted by Crippen LogP contribution is -2.49. The van der Waals surface area contributed by atoms with Crippen LogP contribution in [0, 0.1) is 5.92 Å². The highest BCUT2D eigenvalue weighted by Crippen LogP contribution is 2.30. The Balaban J connectivity index is 1.65. The molecule has 1 atom stereocenters. The fraction of sp³-hybridized carbons (Fsp3) is 0.857. The van der Waals surface area contributed by atoms with Crippen molar-refractivity contribution in [2.75, 3.05) is 26.4 Å². The summed E-state index contributed by atoms with van der Waals surface area (Å²) in [5.41, 5.74) is 0. The molecule has 1 N–H and O–H groups in total. The van der Waals surface area contributed by atoms with Crippen LogP contribution in [0.1, 0.15) is 70.6 Å². The van der Waals surface area contributed by atoms with E-state index in [1.165, 1.54) is 36.0 Å². The van der Waals surface area contributed by atoms with Gasteiger partial charge in [0.05, 0.1) is 0 Å². The molecule has 0 bridgehead atoms. The first-order valence-electron chi connectivity index (χ1n) is 11.2. The molecule has 2 aliphatic carbocycles. The Hall–Kier alpha value is -1.28. The van der Waals surface area contributed by atoms with Crippen LogP contribution in [0.15, 0.2) is 5.10 Å². The van der Waals surface area contributed by atoms with Crippen LogP contribution in [-0.4, -0.2) is 65.6 Å². The maximum atomic E-state index is 13.2. The Morgan fingerprint density at radius 1 is 1.07 bits per heavy atom. The molecule has 1 unspecified atom stereocenters. The van der Waals surface area contributed by atoms with E-state index in [4.69, 9.17) is 4.74 Å². The molecule has 3 rings (SSSR count). The van der Waals surface area contributed by atoms with Gasteiger partial charge in [0.2, 0.25) is 0 Å². The fourth-order valence-electron chi connectivity index (χ4n) is 4.27. The first-order chi connectivity index (χ1) is 14.0. The number of amides is 2. The van der Waals surface area contributed by atoms with Gasteiger partial charge in [-0.1, -0.05) is 56.7 Å². The highest BCUT2D eigenvalue weighted by Gasteiger charge is 2.42. The number of thioether (sulfide) groups is 1. The number of nitrogens with zero attached hydrogens (tertiary/aromatic N) is 3. The van der Waals surface area contributed by atoms with E-state index in [1.54, 1.807) is 0 Å². The Morgan fingerprint density at radius 3 is 2.34 bits per heavy atom. The third-order valence-corrected chi connectivity index (χ3v) is 6.84. The lowest BCUT2D eigenvalue weighted by Gasteiger charge is -2.27. The minimum atomic E-state index is -0.911. The van der Waals surface area contributed by atoms with Crippen LogP contribution in [0.4, 0.5) is 4.79 Å². The number of hydrogen-bond donors (Lipinski definition) is 1. The molecular formula is C21H36N4O3S. The van der Waals surface area contributed by atoms with Gasteiger partial charge in [-0.2, -0.15) is 5.01 Å². The molecule has 0 radical (unpaired) electrons. The van der Waals surface area contributed by atoms with Gasteiger partial charge in [-0.3, -0.25) is 4.79 Å². The van der Waals surface area contributed by atoms with Crippen molar-refractivity contribution in [1.29, 1.82) is 0 Å². The van der Waals surface area contributed by atoms with Crippen molar-refractivity contribution in [1.82, 2.24) is 15.2 Å². The van der Waals surface area contributed by atoms with E-state index in [0.717, 1.165) is 63.7 Å². The second-order valence-corrected chi connectivity index (χ2v) is 9.75. The number of hydrogen-bond acceptors (Lipinski definition) is 6. The van der Waals surface area contributed by atoms with Crippen LogP contribution >= 0.6 is 11.8 Å². The van der Waals surface area contributed by atoms with Crippen molar-refractivity contribution in [3.05, 3.63) is 0 Å². The maximum Gasteiger partial charge on any atom is 0.341 e. The molecule has 2 amide bonds. The summed E-state index contributed by atoms with van der Waals surface area (Å²) in [5, 5.41) is 9.23. The molecule has 0 aromatic carbocycles. The first-order valence-corrected chi connectivity index (χ1v) is 12.2. The first kappa shape index (κ1) is 22.4. The number of rotatable bonds is 6. The summed E-state index contributed by atoms with van der Waals surface area (Å²) < 4.78 is 5.92. The topological polar surface area (TPSA) is 74.2 Å². The van der Waals surface area contributed by atoms with Crippen molar-refractivity contribution in [2.24, 2.45) is 11.0 Å². The zero-order chi connectivity index (χ0) is 20.6. The standard InChI is InChI=1S/C21H36N4O3S/c1-24(2)14-15-29-21-23-25(20(27)22-17-12-8-3-4-9-13-17)19(28-21)18(26)16-10-6-5-7-11-16/h16-17,19H,3-15H2,1-2H3,(H,22,27). The molecule has 3 aliphatic rings. The quantitative estimate of drug-likeness (QED) is 0.657. The summed E-state index contributed by atoms with van der Waals surface area (Å²) in [4.78, 5) is 28.2. The SMILES string of the molecule is CN(C)CCSC1=NN(C(=O)NC2CCCCCC2)C(C(=O)C2CCCCC2)O1. The smallest absolute Gasteiger partial charge is 0.341 e. The van der Waals surface area contributed by atoms with Crippen molar-refractivity contribution in [3.63, 3.8) is 0 Å². The molecule has 0 saturated heterocycles. The van der Waals surface area contributed by atoms with Gasteiger partial charge in [0.25, 0.3) is 11.5 Å². The average molecular weight is 425 g/mol. The molecule has 0 spiro atoms. The Bertz CT molecular complexity index is 584.